The van der Waals surface area contributed by atoms with Crippen LogP contribution in [0, 0.1) is 11.8 Å². The Balaban J connectivity index is -0.000000124. The van der Waals surface area contributed by atoms with E-state index >= 15 is 0 Å². The van der Waals surface area contributed by atoms with Crippen molar-refractivity contribution >= 4 is 12.6 Å². The van der Waals surface area contributed by atoms with Crippen molar-refractivity contribution in [2.75, 3.05) is 13.2 Å². The SMILES string of the molecule is CC(C)CCO.CCC(C)C=O.CCCCCC=O.CCCCCCO. The molecule has 0 rings (SSSR count). The molecule has 0 aliphatic rings. The van der Waals surface area contributed by atoms with E-state index in [-0.39, 0.29) is 5.92 Å². The maximum absolute atomic E-state index is 9.74. The monoisotopic (exact) mass is 376 g/mol. The highest BCUT2D eigenvalue weighted by molar-refractivity contribution is 5.52. The third kappa shape index (κ3) is 56.7. The van der Waals surface area contributed by atoms with E-state index in [1.807, 2.05) is 13.8 Å². The number of aliphatic hydroxyl groups is 2. The van der Waals surface area contributed by atoms with Gasteiger partial charge in [-0.1, -0.05) is 73.6 Å². The van der Waals surface area contributed by atoms with Crippen molar-refractivity contribution in [2.24, 2.45) is 11.8 Å². The Hall–Kier alpha value is -0.740. The minimum absolute atomic E-state index is 0.255. The first-order chi connectivity index (χ1) is 12.4. The molecular formula is C22H48O4. The predicted octanol–water partition coefficient (Wildman–Crippen LogP) is 5.58. The molecule has 0 aromatic rings. The van der Waals surface area contributed by atoms with E-state index in [9.17, 15) is 9.59 Å². The number of aliphatic hydroxyl groups excluding tert-OH is 2. The summed E-state index contributed by atoms with van der Waals surface area (Å²) in [6.45, 7) is 13.1. The van der Waals surface area contributed by atoms with Crippen LogP contribution in [-0.2, 0) is 9.59 Å². The molecular weight excluding hydrogens is 328 g/mol. The standard InChI is InChI=1S/C6H14O.C6H12O.C5H12O.C5H10O/c2*1-2-3-4-5-6-7;1-5(2)3-4-6;1-3-5(2)4-6/h7H,2-6H2,1H3;6H,2-5H2,1H3;5-6H,3-4H2,1-2H3;4-5H,3H2,1-2H3. The van der Waals surface area contributed by atoms with Gasteiger partial charge in [-0.3, -0.25) is 0 Å². The van der Waals surface area contributed by atoms with Crippen molar-refractivity contribution in [1.29, 1.82) is 0 Å². The Labute approximate surface area is 163 Å². The summed E-state index contributed by atoms with van der Waals surface area (Å²) in [5.74, 6) is 0.903. The zero-order valence-electron chi connectivity index (χ0n) is 18.5. The van der Waals surface area contributed by atoms with Crippen molar-refractivity contribution in [3.8, 4) is 0 Å². The Kier molecular flexibility index (Phi) is 44.8. The van der Waals surface area contributed by atoms with Crippen LogP contribution in [0.1, 0.15) is 106 Å². The Morgan fingerprint density at radius 2 is 1.31 bits per heavy atom. The van der Waals surface area contributed by atoms with Crippen LogP contribution in [0.15, 0.2) is 0 Å². The lowest BCUT2D eigenvalue weighted by Gasteiger charge is -1.95. The minimum atomic E-state index is 0.255. The molecule has 0 radical (unpaired) electrons. The highest BCUT2D eigenvalue weighted by Crippen LogP contribution is 1.96. The summed E-state index contributed by atoms with van der Waals surface area (Å²) in [5.41, 5.74) is 0. The van der Waals surface area contributed by atoms with Crippen LogP contribution >= 0.6 is 0 Å². The number of aldehydes is 2. The Bertz CT molecular complexity index is 226. The van der Waals surface area contributed by atoms with Gasteiger partial charge in [-0.25, -0.2) is 0 Å². The maximum Gasteiger partial charge on any atom is 0.122 e. The van der Waals surface area contributed by atoms with E-state index in [0.29, 0.717) is 19.1 Å². The molecule has 0 aliphatic carbocycles. The van der Waals surface area contributed by atoms with Gasteiger partial charge in [0, 0.05) is 25.6 Å². The van der Waals surface area contributed by atoms with Gasteiger partial charge >= 0.3 is 0 Å². The summed E-state index contributed by atoms with van der Waals surface area (Å²) in [6, 6.07) is 0. The van der Waals surface area contributed by atoms with Crippen molar-refractivity contribution in [1.82, 2.24) is 0 Å². The second-order valence-electron chi connectivity index (χ2n) is 6.87. The van der Waals surface area contributed by atoms with E-state index < -0.39 is 0 Å². The van der Waals surface area contributed by atoms with Crippen molar-refractivity contribution in [3.05, 3.63) is 0 Å². The first kappa shape index (κ1) is 32.9. The molecule has 1 unspecified atom stereocenters. The van der Waals surface area contributed by atoms with Gasteiger partial charge < -0.3 is 19.8 Å². The summed E-state index contributed by atoms with van der Waals surface area (Å²) in [4.78, 5) is 19.4. The number of unbranched alkanes of at least 4 members (excludes halogenated alkanes) is 6. The van der Waals surface area contributed by atoms with E-state index in [4.69, 9.17) is 10.2 Å². The van der Waals surface area contributed by atoms with E-state index in [1.54, 1.807) is 0 Å². The second-order valence-corrected chi connectivity index (χ2v) is 6.87. The molecule has 4 nitrogen and oxygen atoms in total. The van der Waals surface area contributed by atoms with Crippen LogP contribution in [-0.4, -0.2) is 36.0 Å². The molecule has 26 heavy (non-hydrogen) atoms. The molecule has 0 fully saturated rings. The van der Waals surface area contributed by atoms with Crippen LogP contribution in [0.25, 0.3) is 0 Å². The average Bonchev–Trinajstić information content (AvgIpc) is 2.63. The van der Waals surface area contributed by atoms with Crippen LogP contribution in [0.4, 0.5) is 0 Å². The smallest absolute Gasteiger partial charge is 0.122 e. The van der Waals surface area contributed by atoms with Crippen molar-refractivity contribution in [3.63, 3.8) is 0 Å². The summed E-state index contributed by atoms with van der Waals surface area (Å²) in [5, 5.41) is 16.5. The van der Waals surface area contributed by atoms with Crippen LogP contribution < -0.4 is 0 Å². The van der Waals surface area contributed by atoms with Crippen LogP contribution in [0.5, 0.6) is 0 Å². The van der Waals surface area contributed by atoms with Crippen LogP contribution in [0.2, 0.25) is 0 Å². The topological polar surface area (TPSA) is 74.6 Å². The van der Waals surface area contributed by atoms with Crippen LogP contribution in [0.3, 0.4) is 0 Å². The zero-order chi connectivity index (χ0) is 21.1. The molecule has 4 heteroatoms. The van der Waals surface area contributed by atoms with Gasteiger partial charge in [0.1, 0.15) is 12.6 Å². The van der Waals surface area contributed by atoms with Crippen molar-refractivity contribution in [2.45, 2.75) is 106 Å². The number of hydrogen-bond acceptors (Lipinski definition) is 4. The fourth-order valence-corrected chi connectivity index (χ4v) is 1.37. The molecule has 160 valence electrons. The lowest BCUT2D eigenvalue weighted by Crippen LogP contribution is -1.89. The van der Waals surface area contributed by atoms with Crippen molar-refractivity contribution < 1.29 is 19.8 Å². The lowest BCUT2D eigenvalue weighted by molar-refractivity contribution is -0.110. The largest absolute Gasteiger partial charge is 0.396 e. The molecule has 0 amide bonds. The number of rotatable bonds is 12. The molecule has 0 spiro atoms. The van der Waals surface area contributed by atoms with Gasteiger partial charge in [-0.05, 0) is 31.6 Å². The third-order valence-electron chi connectivity index (χ3n) is 3.52. The summed E-state index contributed by atoms with van der Waals surface area (Å²) in [6.07, 6.45) is 12.7. The molecule has 0 aromatic heterocycles. The van der Waals surface area contributed by atoms with Gasteiger partial charge in [0.25, 0.3) is 0 Å². The minimum Gasteiger partial charge on any atom is -0.396 e. The number of hydrogen-bond donors (Lipinski definition) is 2. The first-order valence-electron chi connectivity index (χ1n) is 10.5. The highest BCUT2D eigenvalue weighted by Gasteiger charge is 1.89. The zero-order valence-corrected chi connectivity index (χ0v) is 18.5. The molecule has 0 saturated heterocycles. The molecule has 0 heterocycles. The Morgan fingerprint density at radius 1 is 0.769 bits per heavy atom. The summed E-state index contributed by atoms with van der Waals surface area (Å²) < 4.78 is 0. The lowest BCUT2D eigenvalue weighted by atomic mass is 10.2. The quantitative estimate of drug-likeness (QED) is 0.344. The van der Waals surface area contributed by atoms with Gasteiger partial charge in [-0.2, -0.15) is 0 Å². The normalized spacial score (nSPS) is 10.3. The van der Waals surface area contributed by atoms with Gasteiger partial charge in [0.2, 0.25) is 0 Å². The molecule has 0 bridgehead atoms. The van der Waals surface area contributed by atoms with E-state index in [1.165, 1.54) is 32.1 Å². The predicted molar refractivity (Wildman–Crippen MR) is 113 cm³/mol. The number of carbonyl (C=O) groups is 2. The van der Waals surface area contributed by atoms with E-state index in [2.05, 4.69) is 27.7 Å². The molecule has 2 N–H and O–H groups in total. The fourth-order valence-electron chi connectivity index (χ4n) is 1.37. The highest BCUT2D eigenvalue weighted by atomic mass is 16.3. The molecule has 0 aliphatic heterocycles. The van der Waals surface area contributed by atoms with Gasteiger partial charge in [0.05, 0.1) is 0 Å². The molecule has 1 atom stereocenters. The summed E-state index contributed by atoms with van der Waals surface area (Å²) in [7, 11) is 0. The second kappa shape index (κ2) is 35.4. The third-order valence-corrected chi connectivity index (χ3v) is 3.52. The number of carbonyl (C=O) groups excluding carboxylic acids is 2. The molecule has 0 saturated carbocycles. The molecule has 0 aromatic carbocycles. The average molecular weight is 377 g/mol. The van der Waals surface area contributed by atoms with Gasteiger partial charge in [-0.15, -0.1) is 0 Å². The first-order valence-corrected chi connectivity index (χ1v) is 10.5. The Morgan fingerprint density at radius 3 is 1.54 bits per heavy atom. The maximum atomic E-state index is 9.74. The van der Waals surface area contributed by atoms with Gasteiger partial charge in [0.15, 0.2) is 0 Å². The fraction of sp³-hybridized carbons (Fsp3) is 0.909. The summed E-state index contributed by atoms with van der Waals surface area (Å²) >= 11 is 0. The van der Waals surface area contributed by atoms with E-state index in [0.717, 1.165) is 44.7 Å².